The number of anilines is 1. The van der Waals surface area contributed by atoms with E-state index in [-0.39, 0.29) is 17.4 Å². The van der Waals surface area contributed by atoms with Crippen LogP contribution >= 0.6 is 11.6 Å². The molecule has 3 N–H and O–H groups in total. The van der Waals surface area contributed by atoms with Crippen LogP contribution in [-0.4, -0.2) is 31.9 Å². The number of aromatic hydroxyl groups is 1. The van der Waals surface area contributed by atoms with Gasteiger partial charge >= 0.3 is 5.97 Å². The highest BCUT2D eigenvalue weighted by atomic mass is 35.5. The number of para-hydroxylation sites is 1. The molecule has 0 aliphatic carbocycles. The first kappa shape index (κ1) is 21.5. The van der Waals surface area contributed by atoms with E-state index in [0.29, 0.717) is 27.5 Å². The van der Waals surface area contributed by atoms with E-state index in [1.807, 2.05) is 42.5 Å². The Hall–Kier alpha value is -4.36. The van der Waals surface area contributed by atoms with Gasteiger partial charge < -0.3 is 15.5 Å². The summed E-state index contributed by atoms with van der Waals surface area (Å²) in [6, 6.07) is 19.7. The molecule has 0 fully saturated rings. The van der Waals surface area contributed by atoms with Crippen molar-refractivity contribution < 1.29 is 19.8 Å². The van der Waals surface area contributed by atoms with Gasteiger partial charge in [0.2, 0.25) is 0 Å². The Kier molecular flexibility index (Phi) is 5.18. The van der Waals surface area contributed by atoms with Gasteiger partial charge in [-0.3, -0.25) is 9.48 Å². The number of nitrogens with one attached hydrogen (secondary N) is 1. The van der Waals surface area contributed by atoms with Crippen LogP contribution in [0, 0.1) is 0 Å². The zero-order chi connectivity index (χ0) is 24.0. The van der Waals surface area contributed by atoms with E-state index in [1.165, 1.54) is 17.8 Å². The summed E-state index contributed by atoms with van der Waals surface area (Å²) in [5, 5.41) is 26.8. The SMILES string of the molecule is Cn1nc(/C=C2/C(=O)Nc3cc(Cl)c(-c4ccc(-c5ccccc5O)cc4)cc32)cc1C(=O)O. The summed E-state index contributed by atoms with van der Waals surface area (Å²) < 4.78 is 1.25. The topological polar surface area (TPSA) is 104 Å². The number of aryl methyl sites for hydroxylation is 1. The molecule has 1 aliphatic rings. The van der Waals surface area contributed by atoms with Crippen molar-refractivity contribution in [3.05, 3.63) is 88.7 Å². The number of phenols is 1. The van der Waals surface area contributed by atoms with Crippen molar-refractivity contribution in [2.75, 3.05) is 5.32 Å². The molecule has 4 aromatic rings. The predicted molar refractivity (Wildman–Crippen MR) is 131 cm³/mol. The minimum Gasteiger partial charge on any atom is -0.507 e. The van der Waals surface area contributed by atoms with Gasteiger partial charge in [-0.05, 0) is 41.5 Å². The van der Waals surface area contributed by atoms with Gasteiger partial charge in [-0.1, -0.05) is 54.1 Å². The second-order valence-electron chi connectivity index (χ2n) is 7.87. The van der Waals surface area contributed by atoms with Crippen molar-refractivity contribution in [3.8, 4) is 28.0 Å². The van der Waals surface area contributed by atoms with Crippen LogP contribution < -0.4 is 5.32 Å². The predicted octanol–water partition coefficient (Wildman–Crippen LogP) is 5.30. The summed E-state index contributed by atoms with van der Waals surface area (Å²) in [6.07, 6.45) is 1.56. The number of carbonyl (C=O) groups is 2. The molecule has 0 saturated carbocycles. The molecule has 34 heavy (non-hydrogen) atoms. The molecule has 0 bridgehead atoms. The highest BCUT2D eigenvalue weighted by Gasteiger charge is 2.26. The van der Waals surface area contributed by atoms with Gasteiger partial charge in [0, 0.05) is 23.7 Å². The lowest BCUT2D eigenvalue weighted by atomic mass is 9.96. The Morgan fingerprint density at radius 1 is 1.00 bits per heavy atom. The fourth-order valence-electron chi connectivity index (χ4n) is 4.03. The fourth-order valence-corrected chi connectivity index (χ4v) is 4.30. The lowest BCUT2D eigenvalue weighted by Crippen LogP contribution is -2.04. The summed E-state index contributed by atoms with van der Waals surface area (Å²) >= 11 is 6.55. The first-order valence-corrected chi connectivity index (χ1v) is 10.7. The number of carboxylic acid groups (broad SMARTS) is 1. The Bertz CT molecular complexity index is 1500. The van der Waals surface area contributed by atoms with Crippen molar-refractivity contribution in [2.45, 2.75) is 0 Å². The Balaban J connectivity index is 1.54. The van der Waals surface area contributed by atoms with Crippen molar-refractivity contribution in [1.29, 1.82) is 0 Å². The zero-order valence-electron chi connectivity index (χ0n) is 17.9. The van der Waals surface area contributed by atoms with Gasteiger partial charge in [-0.15, -0.1) is 0 Å². The number of halogens is 1. The minimum absolute atomic E-state index is 0.0202. The van der Waals surface area contributed by atoms with Gasteiger partial charge in [0.15, 0.2) is 0 Å². The fraction of sp³-hybridized carbons (Fsp3) is 0.0385. The first-order chi connectivity index (χ1) is 16.3. The molecule has 0 atom stereocenters. The minimum atomic E-state index is -1.10. The molecule has 7 nitrogen and oxygen atoms in total. The van der Waals surface area contributed by atoms with Gasteiger partial charge in [0.05, 0.1) is 22.0 Å². The summed E-state index contributed by atoms with van der Waals surface area (Å²) in [5.41, 5.74) is 5.14. The highest BCUT2D eigenvalue weighted by molar-refractivity contribution is 6.38. The summed E-state index contributed by atoms with van der Waals surface area (Å²) in [6.45, 7) is 0. The third-order valence-corrected chi connectivity index (χ3v) is 6.02. The molecule has 8 heteroatoms. The second-order valence-corrected chi connectivity index (χ2v) is 8.27. The third-order valence-electron chi connectivity index (χ3n) is 5.71. The van der Waals surface area contributed by atoms with Crippen LogP contribution in [0.15, 0.2) is 66.7 Å². The number of carboxylic acids is 1. The molecule has 0 spiro atoms. The molecule has 1 aromatic heterocycles. The highest BCUT2D eigenvalue weighted by Crippen LogP contribution is 2.41. The average molecular weight is 472 g/mol. The standard InChI is InChI=1S/C26H18ClN3O4/c1-30-23(26(33)34)11-16(29-30)10-20-19-12-18(21(27)13-22(19)28-25(20)32)15-8-6-14(7-9-15)17-4-2-3-5-24(17)31/h2-13,31H,1H3,(H,28,32)(H,33,34)/b20-10+. The van der Waals surface area contributed by atoms with Crippen LogP contribution in [0.4, 0.5) is 5.69 Å². The third kappa shape index (κ3) is 3.72. The number of carbonyl (C=O) groups excluding carboxylic acids is 1. The van der Waals surface area contributed by atoms with E-state index in [2.05, 4.69) is 10.4 Å². The molecular formula is C26H18ClN3O4. The molecule has 168 valence electrons. The van der Waals surface area contributed by atoms with E-state index in [1.54, 1.807) is 24.3 Å². The monoisotopic (exact) mass is 471 g/mol. The summed E-state index contributed by atoms with van der Waals surface area (Å²) in [5.74, 6) is -1.22. The summed E-state index contributed by atoms with van der Waals surface area (Å²) in [7, 11) is 1.53. The average Bonchev–Trinajstić information content (AvgIpc) is 3.32. The maximum absolute atomic E-state index is 12.7. The zero-order valence-corrected chi connectivity index (χ0v) is 18.7. The normalized spacial score (nSPS) is 13.7. The Morgan fingerprint density at radius 3 is 2.32 bits per heavy atom. The largest absolute Gasteiger partial charge is 0.507 e. The number of benzene rings is 3. The number of rotatable bonds is 4. The molecule has 1 amide bonds. The molecule has 0 saturated heterocycles. The lowest BCUT2D eigenvalue weighted by Gasteiger charge is -2.10. The van der Waals surface area contributed by atoms with Crippen LogP contribution in [0.3, 0.4) is 0 Å². The molecule has 3 aromatic carbocycles. The van der Waals surface area contributed by atoms with E-state index >= 15 is 0 Å². The quantitative estimate of drug-likeness (QED) is 0.350. The Morgan fingerprint density at radius 2 is 1.68 bits per heavy atom. The van der Waals surface area contributed by atoms with Gasteiger partial charge in [-0.2, -0.15) is 5.10 Å². The van der Waals surface area contributed by atoms with E-state index in [9.17, 15) is 19.8 Å². The van der Waals surface area contributed by atoms with E-state index in [4.69, 9.17) is 11.6 Å². The smallest absolute Gasteiger partial charge is 0.354 e. The molecule has 0 radical (unpaired) electrons. The van der Waals surface area contributed by atoms with Gasteiger partial charge in [0.1, 0.15) is 11.4 Å². The number of fused-ring (bicyclic) bond motifs is 1. The van der Waals surface area contributed by atoms with Crippen molar-refractivity contribution in [3.63, 3.8) is 0 Å². The van der Waals surface area contributed by atoms with Gasteiger partial charge in [0.25, 0.3) is 5.91 Å². The van der Waals surface area contributed by atoms with Gasteiger partial charge in [-0.25, -0.2) is 4.79 Å². The van der Waals surface area contributed by atoms with Crippen molar-refractivity contribution in [2.24, 2.45) is 7.05 Å². The maximum Gasteiger partial charge on any atom is 0.354 e. The number of aromatic carboxylic acids is 1. The van der Waals surface area contributed by atoms with Crippen LogP contribution in [0.1, 0.15) is 21.7 Å². The summed E-state index contributed by atoms with van der Waals surface area (Å²) in [4.78, 5) is 24.0. The molecule has 1 aliphatic heterocycles. The molecule has 0 unspecified atom stereocenters. The number of hydrogen-bond acceptors (Lipinski definition) is 4. The molecule has 2 heterocycles. The van der Waals surface area contributed by atoms with Crippen molar-refractivity contribution >= 4 is 40.8 Å². The number of aromatic nitrogens is 2. The van der Waals surface area contributed by atoms with Crippen LogP contribution in [0.2, 0.25) is 5.02 Å². The maximum atomic E-state index is 12.7. The second kappa shape index (κ2) is 8.20. The lowest BCUT2D eigenvalue weighted by molar-refractivity contribution is -0.110. The Labute approximate surface area is 199 Å². The van der Waals surface area contributed by atoms with E-state index < -0.39 is 5.97 Å². The van der Waals surface area contributed by atoms with Crippen molar-refractivity contribution in [1.82, 2.24) is 9.78 Å². The number of phenolic OH excluding ortho intramolecular Hbond substituents is 1. The molecule has 5 rings (SSSR count). The van der Waals surface area contributed by atoms with Crippen LogP contribution in [-0.2, 0) is 11.8 Å². The first-order valence-electron chi connectivity index (χ1n) is 10.3. The number of amides is 1. The van der Waals surface area contributed by atoms with E-state index in [0.717, 1.165) is 22.3 Å². The molecular weight excluding hydrogens is 454 g/mol. The number of nitrogens with zero attached hydrogens (tertiary/aromatic N) is 2. The van der Waals surface area contributed by atoms with Crippen LogP contribution in [0.5, 0.6) is 5.75 Å². The number of hydrogen-bond donors (Lipinski definition) is 3. The van der Waals surface area contributed by atoms with Crippen LogP contribution in [0.25, 0.3) is 33.9 Å².